The number of benzene rings is 1. The van der Waals surface area contributed by atoms with E-state index in [0.29, 0.717) is 12.0 Å². The Bertz CT molecular complexity index is 807. The third-order valence-electron chi connectivity index (χ3n) is 6.09. The number of likely N-dealkylation sites (N-methyl/N-ethyl adjacent to an activating group) is 1. The third kappa shape index (κ3) is 6.59. The summed E-state index contributed by atoms with van der Waals surface area (Å²) >= 11 is 0. The first-order valence-corrected chi connectivity index (χ1v) is 10.9. The van der Waals surface area contributed by atoms with Gasteiger partial charge in [0.1, 0.15) is 0 Å². The van der Waals surface area contributed by atoms with Crippen molar-refractivity contribution >= 4 is 40.8 Å². The van der Waals surface area contributed by atoms with Crippen molar-refractivity contribution in [3.8, 4) is 0 Å². The Hall–Kier alpha value is -1.32. The van der Waals surface area contributed by atoms with Crippen molar-refractivity contribution in [2.45, 2.75) is 33.2 Å². The summed E-state index contributed by atoms with van der Waals surface area (Å²) in [7, 11) is 4.06. The van der Waals surface area contributed by atoms with Crippen LogP contribution in [0.1, 0.15) is 25.0 Å². The lowest BCUT2D eigenvalue weighted by Crippen LogP contribution is -2.55. The van der Waals surface area contributed by atoms with Gasteiger partial charge in [0.2, 0.25) is 0 Å². The van der Waals surface area contributed by atoms with Gasteiger partial charge in [-0.15, -0.1) is 24.0 Å². The molecule has 0 bridgehead atoms. The van der Waals surface area contributed by atoms with Crippen LogP contribution in [0.15, 0.2) is 29.4 Å². The van der Waals surface area contributed by atoms with Crippen molar-refractivity contribution in [3.63, 3.8) is 0 Å². The normalized spacial score (nSPS) is 17.2. The van der Waals surface area contributed by atoms with Crippen LogP contribution >= 0.6 is 24.0 Å². The summed E-state index contributed by atoms with van der Waals surface area (Å²) in [5.41, 5.74) is 3.85. The zero-order chi connectivity index (χ0) is 20.8. The van der Waals surface area contributed by atoms with E-state index < -0.39 is 0 Å². The van der Waals surface area contributed by atoms with E-state index in [1.165, 1.54) is 22.0 Å². The van der Waals surface area contributed by atoms with Gasteiger partial charge < -0.3 is 20.5 Å². The maximum absolute atomic E-state index is 4.43. The number of halogens is 1. The average molecular weight is 527 g/mol. The lowest BCUT2D eigenvalue weighted by atomic mass is 10.0. The van der Waals surface area contributed by atoms with Crippen molar-refractivity contribution in [3.05, 3.63) is 35.5 Å². The molecule has 2 heterocycles. The van der Waals surface area contributed by atoms with Gasteiger partial charge >= 0.3 is 0 Å². The molecule has 7 heteroatoms. The molecule has 168 valence electrons. The third-order valence-corrected chi connectivity index (χ3v) is 6.09. The lowest BCUT2D eigenvalue weighted by Gasteiger charge is -2.40. The van der Waals surface area contributed by atoms with Gasteiger partial charge in [0.05, 0.1) is 0 Å². The molecular formula is C23H39IN6. The monoisotopic (exact) mass is 526 g/mol. The first-order valence-electron chi connectivity index (χ1n) is 10.9. The van der Waals surface area contributed by atoms with E-state index >= 15 is 0 Å². The number of piperazine rings is 1. The summed E-state index contributed by atoms with van der Waals surface area (Å²) in [6, 6.07) is 7.13. The Morgan fingerprint density at radius 2 is 1.90 bits per heavy atom. The number of H-pyrrole nitrogens is 1. The van der Waals surface area contributed by atoms with Crippen LogP contribution in [-0.4, -0.2) is 80.1 Å². The molecule has 1 aliphatic heterocycles. The van der Waals surface area contributed by atoms with E-state index in [-0.39, 0.29) is 24.0 Å². The Kier molecular flexibility index (Phi) is 9.90. The average Bonchev–Trinajstić information content (AvgIpc) is 3.09. The summed E-state index contributed by atoms with van der Waals surface area (Å²) in [5.74, 6) is 1.50. The van der Waals surface area contributed by atoms with Crippen molar-refractivity contribution in [2.75, 3.05) is 53.4 Å². The summed E-state index contributed by atoms with van der Waals surface area (Å²) in [6.45, 7) is 13.2. The van der Waals surface area contributed by atoms with Gasteiger partial charge in [0, 0.05) is 69.5 Å². The van der Waals surface area contributed by atoms with Gasteiger partial charge in [0.15, 0.2) is 5.96 Å². The number of guanidine groups is 1. The zero-order valence-electron chi connectivity index (χ0n) is 19.2. The Balaban J connectivity index is 0.00000320. The van der Waals surface area contributed by atoms with Gasteiger partial charge in [-0.2, -0.15) is 0 Å². The number of aromatic nitrogens is 1. The Morgan fingerprint density at radius 1 is 1.17 bits per heavy atom. The van der Waals surface area contributed by atoms with Crippen LogP contribution in [0.4, 0.5) is 0 Å². The van der Waals surface area contributed by atoms with E-state index in [9.17, 15) is 0 Å². The van der Waals surface area contributed by atoms with Crippen LogP contribution in [0, 0.1) is 12.8 Å². The second-order valence-corrected chi connectivity index (χ2v) is 8.64. The summed E-state index contributed by atoms with van der Waals surface area (Å²) in [6.07, 6.45) is 3.10. The lowest BCUT2D eigenvalue weighted by molar-refractivity contribution is 0.0900. The molecule has 1 atom stereocenters. The van der Waals surface area contributed by atoms with Crippen molar-refractivity contribution < 1.29 is 0 Å². The number of aryl methyl sites for hydroxylation is 1. The molecule has 0 saturated carbocycles. The van der Waals surface area contributed by atoms with Gasteiger partial charge in [-0.05, 0) is 43.5 Å². The van der Waals surface area contributed by atoms with E-state index in [1.807, 2.05) is 7.05 Å². The summed E-state index contributed by atoms with van der Waals surface area (Å²) in [4.78, 5) is 12.9. The quantitative estimate of drug-likeness (QED) is 0.295. The number of aliphatic imine (C=N–C) groups is 1. The molecule has 1 aromatic carbocycles. The van der Waals surface area contributed by atoms with Gasteiger partial charge in [-0.25, -0.2) is 0 Å². The summed E-state index contributed by atoms with van der Waals surface area (Å²) in [5, 5.41) is 8.36. The fraction of sp³-hybridized carbons (Fsp3) is 0.609. The molecule has 1 saturated heterocycles. The number of rotatable bonds is 7. The first kappa shape index (κ1) is 24.9. The van der Waals surface area contributed by atoms with Gasteiger partial charge in [-0.1, -0.05) is 26.0 Å². The van der Waals surface area contributed by atoms with Crippen LogP contribution in [0.3, 0.4) is 0 Å². The number of nitrogens with one attached hydrogen (secondary N) is 3. The molecule has 0 spiro atoms. The maximum Gasteiger partial charge on any atom is 0.191 e. The highest BCUT2D eigenvalue weighted by molar-refractivity contribution is 14.0. The number of aromatic amines is 1. The molecule has 6 nitrogen and oxygen atoms in total. The van der Waals surface area contributed by atoms with Crippen LogP contribution < -0.4 is 10.6 Å². The second-order valence-electron chi connectivity index (χ2n) is 8.64. The second kappa shape index (κ2) is 11.9. The zero-order valence-corrected chi connectivity index (χ0v) is 21.5. The Labute approximate surface area is 198 Å². The van der Waals surface area contributed by atoms with Crippen LogP contribution in [0.25, 0.3) is 10.9 Å². The number of hydrogen-bond acceptors (Lipinski definition) is 3. The molecular weight excluding hydrogens is 487 g/mol. The molecule has 3 rings (SSSR count). The highest BCUT2D eigenvalue weighted by Gasteiger charge is 2.25. The van der Waals surface area contributed by atoms with E-state index in [0.717, 1.165) is 51.6 Å². The van der Waals surface area contributed by atoms with Crippen LogP contribution in [0.5, 0.6) is 0 Å². The van der Waals surface area contributed by atoms with E-state index in [4.69, 9.17) is 0 Å². The Morgan fingerprint density at radius 3 is 2.57 bits per heavy atom. The topological polar surface area (TPSA) is 58.7 Å². The summed E-state index contributed by atoms with van der Waals surface area (Å²) < 4.78 is 0. The predicted molar refractivity (Wildman–Crippen MR) is 139 cm³/mol. The number of fused-ring (bicyclic) bond motifs is 1. The molecule has 1 aromatic heterocycles. The maximum atomic E-state index is 4.43. The molecule has 30 heavy (non-hydrogen) atoms. The highest BCUT2D eigenvalue weighted by Crippen LogP contribution is 2.19. The fourth-order valence-corrected chi connectivity index (χ4v) is 4.18. The SMILES string of the molecule is CN=C(NCCc1c[nH]c2cc(C)ccc12)NCC(C(C)C)N1CCN(C)CC1.I. The minimum Gasteiger partial charge on any atom is -0.361 e. The largest absolute Gasteiger partial charge is 0.361 e. The smallest absolute Gasteiger partial charge is 0.191 e. The molecule has 1 aliphatic rings. The minimum absolute atomic E-state index is 0. The molecule has 2 aromatic rings. The predicted octanol–water partition coefficient (Wildman–Crippen LogP) is 3.07. The first-order chi connectivity index (χ1) is 14.0. The molecule has 0 amide bonds. The van der Waals surface area contributed by atoms with Gasteiger partial charge in [-0.3, -0.25) is 9.89 Å². The molecule has 1 unspecified atom stereocenters. The van der Waals surface area contributed by atoms with Crippen molar-refractivity contribution in [1.82, 2.24) is 25.4 Å². The van der Waals surface area contributed by atoms with Crippen LogP contribution in [0.2, 0.25) is 0 Å². The molecule has 1 fully saturated rings. The molecule has 0 aliphatic carbocycles. The van der Waals surface area contributed by atoms with Crippen molar-refractivity contribution in [2.24, 2.45) is 10.9 Å². The molecule has 0 radical (unpaired) electrons. The van der Waals surface area contributed by atoms with Crippen LogP contribution in [-0.2, 0) is 6.42 Å². The molecule has 3 N–H and O–H groups in total. The minimum atomic E-state index is 0. The van der Waals surface area contributed by atoms with E-state index in [1.54, 1.807) is 0 Å². The van der Waals surface area contributed by atoms with Crippen molar-refractivity contribution in [1.29, 1.82) is 0 Å². The fourth-order valence-electron chi connectivity index (χ4n) is 4.18. The number of nitrogens with zero attached hydrogens (tertiary/aromatic N) is 3. The highest BCUT2D eigenvalue weighted by atomic mass is 127. The van der Waals surface area contributed by atoms with Gasteiger partial charge in [0.25, 0.3) is 0 Å². The standard InChI is InChI=1S/C23H38N6.HI/c1-17(2)22(29-12-10-28(5)11-13-29)16-27-23(24-4)25-9-8-19-15-26-21-14-18(3)6-7-20(19)21;/h6-7,14-15,17,22,26H,8-13,16H2,1-5H3,(H2,24,25,27);1H. The number of hydrogen-bond donors (Lipinski definition) is 3. The van der Waals surface area contributed by atoms with E-state index in [2.05, 4.69) is 82.6 Å².